The van der Waals surface area contributed by atoms with Gasteiger partial charge in [-0.25, -0.2) is 12.8 Å². The van der Waals surface area contributed by atoms with Crippen molar-refractivity contribution in [3.05, 3.63) is 60.4 Å². The summed E-state index contributed by atoms with van der Waals surface area (Å²) in [5, 5.41) is 2.73. The number of hydrogen-bond acceptors (Lipinski definition) is 3. The Bertz CT molecular complexity index is 948. The summed E-state index contributed by atoms with van der Waals surface area (Å²) in [5.41, 5.74) is 0.128. The number of carbonyl (C=O) groups excluding carboxylic acids is 1. The van der Waals surface area contributed by atoms with Gasteiger partial charge in [-0.2, -0.15) is 4.31 Å². The Kier molecular flexibility index (Phi) is 4.08. The van der Waals surface area contributed by atoms with Gasteiger partial charge in [-0.05, 0) is 48.6 Å². The van der Waals surface area contributed by atoms with E-state index in [0.29, 0.717) is 31.6 Å². The highest BCUT2D eigenvalue weighted by atomic mass is 32.2. The predicted molar refractivity (Wildman–Crippen MR) is 95.4 cm³/mol. The Morgan fingerprint density at radius 1 is 1.15 bits per heavy atom. The van der Waals surface area contributed by atoms with Crippen LogP contribution in [0.2, 0.25) is 0 Å². The van der Waals surface area contributed by atoms with Crippen molar-refractivity contribution in [2.75, 3.05) is 18.4 Å². The second kappa shape index (κ2) is 6.17. The molecule has 2 aliphatic rings. The molecule has 1 amide bonds. The van der Waals surface area contributed by atoms with Crippen molar-refractivity contribution < 1.29 is 17.6 Å². The minimum absolute atomic E-state index is 0.172. The smallest absolute Gasteiger partial charge is 0.243 e. The summed E-state index contributed by atoms with van der Waals surface area (Å²) in [5.74, 6) is -0.814. The first-order chi connectivity index (χ1) is 12.4. The normalized spacial score (nSPS) is 25.3. The van der Waals surface area contributed by atoms with Crippen molar-refractivity contribution in [1.29, 1.82) is 0 Å². The fourth-order valence-corrected chi connectivity index (χ4v) is 5.33. The summed E-state index contributed by atoms with van der Waals surface area (Å²) >= 11 is 0. The average Bonchev–Trinajstić information content (AvgIpc) is 3.15. The van der Waals surface area contributed by atoms with Crippen LogP contribution in [0.25, 0.3) is 0 Å². The van der Waals surface area contributed by atoms with Crippen LogP contribution < -0.4 is 5.32 Å². The Labute approximate surface area is 151 Å². The third-order valence-electron chi connectivity index (χ3n) is 5.33. The molecule has 0 radical (unpaired) electrons. The van der Waals surface area contributed by atoms with Gasteiger partial charge in [-0.15, -0.1) is 0 Å². The molecule has 136 valence electrons. The number of amides is 1. The molecule has 1 heterocycles. The molecule has 26 heavy (non-hydrogen) atoms. The maximum Gasteiger partial charge on any atom is 0.243 e. The number of sulfonamides is 1. The molecule has 0 unspecified atom stereocenters. The van der Waals surface area contributed by atoms with E-state index in [4.69, 9.17) is 0 Å². The zero-order chi connectivity index (χ0) is 18.4. The first-order valence-corrected chi connectivity index (χ1v) is 9.96. The summed E-state index contributed by atoms with van der Waals surface area (Å²) in [7, 11) is -3.53. The Balaban J connectivity index is 1.44. The number of halogens is 1. The topological polar surface area (TPSA) is 66.5 Å². The second-order valence-corrected chi connectivity index (χ2v) is 8.96. The molecule has 1 saturated carbocycles. The van der Waals surface area contributed by atoms with Gasteiger partial charge < -0.3 is 5.32 Å². The molecule has 2 aromatic rings. The van der Waals surface area contributed by atoms with Gasteiger partial charge in [-0.1, -0.05) is 24.3 Å². The summed E-state index contributed by atoms with van der Waals surface area (Å²) in [6.07, 6.45) is 1.33. The lowest BCUT2D eigenvalue weighted by Crippen LogP contribution is -2.30. The molecular formula is C19H19FN2O3S. The van der Waals surface area contributed by atoms with Gasteiger partial charge in [0.15, 0.2) is 0 Å². The number of carbonyl (C=O) groups is 1. The third-order valence-corrected chi connectivity index (χ3v) is 7.19. The quantitative estimate of drug-likeness (QED) is 0.895. The fraction of sp³-hybridized carbons (Fsp3) is 0.316. The van der Waals surface area contributed by atoms with Crippen molar-refractivity contribution in [2.45, 2.75) is 17.7 Å². The average molecular weight is 374 g/mol. The summed E-state index contributed by atoms with van der Waals surface area (Å²) in [6.45, 7) is 0.770. The maximum absolute atomic E-state index is 13.2. The number of benzene rings is 2. The third kappa shape index (κ3) is 3.01. The van der Waals surface area contributed by atoms with E-state index in [1.165, 1.54) is 22.5 Å². The maximum atomic E-state index is 13.2. The van der Waals surface area contributed by atoms with Crippen molar-refractivity contribution in [1.82, 2.24) is 4.31 Å². The fourth-order valence-electron chi connectivity index (χ4n) is 3.77. The number of anilines is 1. The standard InChI is InChI=1S/C19H19FN2O3S/c20-14-5-4-6-15(11-14)21-18(23)17-12-19(17)9-10-22(13-19)26(24,25)16-7-2-1-3-8-16/h1-8,11,17H,9-10,12-13H2,(H,21,23)/t17-,19-/m0/s1. The van der Waals surface area contributed by atoms with Crippen LogP contribution in [0.4, 0.5) is 10.1 Å². The van der Waals surface area contributed by atoms with E-state index in [1.807, 2.05) is 0 Å². The number of nitrogens with one attached hydrogen (secondary N) is 1. The monoisotopic (exact) mass is 374 g/mol. The van der Waals surface area contributed by atoms with Gasteiger partial charge in [0.1, 0.15) is 5.82 Å². The van der Waals surface area contributed by atoms with E-state index in [0.717, 1.165) is 0 Å². The van der Waals surface area contributed by atoms with Gasteiger partial charge in [-0.3, -0.25) is 4.79 Å². The van der Waals surface area contributed by atoms with E-state index >= 15 is 0 Å². The zero-order valence-corrected chi connectivity index (χ0v) is 14.9. The molecule has 1 aliphatic carbocycles. The molecule has 1 N–H and O–H groups in total. The van der Waals surface area contributed by atoms with E-state index in [-0.39, 0.29) is 22.1 Å². The van der Waals surface area contributed by atoms with Crippen molar-refractivity contribution in [3.8, 4) is 0 Å². The molecular weight excluding hydrogens is 355 g/mol. The molecule has 2 aromatic carbocycles. The van der Waals surface area contributed by atoms with Gasteiger partial charge >= 0.3 is 0 Å². The predicted octanol–water partition coefficient (Wildman–Crippen LogP) is 2.87. The van der Waals surface area contributed by atoms with Crippen molar-refractivity contribution in [3.63, 3.8) is 0 Å². The van der Waals surface area contributed by atoms with Gasteiger partial charge in [0.05, 0.1) is 4.90 Å². The molecule has 0 aromatic heterocycles. The molecule has 2 fully saturated rings. The first-order valence-electron chi connectivity index (χ1n) is 8.52. The van der Waals surface area contributed by atoms with Gasteiger partial charge in [0.25, 0.3) is 0 Å². The Hall–Kier alpha value is -2.25. The van der Waals surface area contributed by atoms with Crippen LogP contribution in [0.1, 0.15) is 12.8 Å². The Morgan fingerprint density at radius 3 is 2.65 bits per heavy atom. The van der Waals surface area contributed by atoms with Crippen LogP contribution >= 0.6 is 0 Å². The number of nitrogens with zero attached hydrogens (tertiary/aromatic N) is 1. The van der Waals surface area contributed by atoms with Gasteiger partial charge in [0, 0.05) is 24.7 Å². The van der Waals surface area contributed by atoms with Crippen LogP contribution in [0.3, 0.4) is 0 Å². The van der Waals surface area contributed by atoms with Crippen LogP contribution in [0, 0.1) is 17.2 Å². The Morgan fingerprint density at radius 2 is 1.92 bits per heavy atom. The van der Waals surface area contributed by atoms with E-state index in [1.54, 1.807) is 36.4 Å². The summed E-state index contributed by atoms with van der Waals surface area (Å²) < 4.78 is 40.2. The van der Waals surface area contributed by atoms with Crippen LogP contribution in [0.15, 0.2) is 59.5 Å². The second-order valence-electron chi connectivity index (χ2n) is 7.02. The van der Waals surface area contributed by atoms with E-state index in [2.05, 4.69) is 5.32 Å². The minimum atomic E-state index is -3.53. The molecule has 4 rings (SSSR count). The SMILES string of the molecule is O=C(Nc1cccc(F)c1)[C@@H]1C[C@]12CCN(S(=O)(=O)c1ccccc1)C2. The highest BCUT2D eigenvalue weighted by molar-refractivity contribution is 7.89. The molecule has 1 aliphatic heterocycles. The number of hydrogen-bond donors (Lipinski definition) is 1. The summed E-state index contributed by atoms with van der Waals surface area (Å²) in [6, 6.07) is 14.1. The van der Waals surface area contributed by atoms with Crippen molar-refractivity contribution >= 4 is 21.6 Å². The largest absolute Gasteiger partial charge is 0.326 e. The molecule has 5 nitrogen and oxygen atoms in total. The van der Waals surface area contributed by atoms with E-state index in [9.17, 15) is 17.6 Å². The highest BCUT2D eigenvalue weighted by Crippen LogP contribution is 2.59. The molecule has 7 heteroatoms. The molecule has 1 saturated heterocycles. The zero-order valence-electron chi connectivity index (χ0n) is 14.1. The number of rotatable bonds is 4. The first kappa shape index (κ1) is 17.2. The summed E-state index contributed by atoms with van der Waals surface area (Å²) in [4.78, 5) is 12.7. The molecule has 0 bridgehead atoms. The minimum Gasteiger partial charge on any atom is -0.326 e. The lowest BCUT2D eigenvalue weighted by molar-refractivity contribution is -0.118. The van der Waals surface area contributed by atoms with Crippen LogP contribution in [-0.4, -0.2) is 31.7 Å². The molecule has 1 spiro atoms. The highest BCUT2D eigenvalue weighted by Gasteiger charge is 2.62. The van der Waals surface area contributed by atoms with Crippen LogP contribution in [-0.2, 0) is 14.8 Å². The molecule has 2 atom stereocenters. The lowest BCUT2D eigenvalue weighted by atomic mass is 10.0. The van der Waals surface area contributed by atoms with Gasteiger partial charge in [0.2, 0.25) is 15.9 Å². The van der Waals surface area contributed by atoms with Crippen molar-refractivity contribution in [2.24, 2.45) is 11.3 Å². The lowest BCUT2D eigenvalue weighted by Gasteiger charge is -2.16. The van der Waals surface area contributed by atoms with Crippen LogP contribution in [0.5, 0.6) is 0 Å². The van der Waals surface area contributed by atoms with E-state index < -0.39 is 15.8 Å².